The number of nitrogens with zero attached hydrogens (tertiary/aromatic N) is 6. The van der Waals surface area contributed by atoms with Crippen LogP contribution < -0.4 is 4.74 Å². The number of fused-ring (bicyclic) bond motifs is 1. The van der Waals surface area contributed by atoms with E-state index in [1.54, 1.807) is 12.4 Å². The Morgan fingerprint density at radius 1 is 1.20 bits per heavy atom. The normalized spacial score (nSPS) is 14.0. The lowest BCUT2D eigenvalue weighted by molar-refractivity contribution is 0.0759. The second-order valence-corrected chi connectivity index (χ2v) is 6.38. The Morgan fingerprint density at radius 3 is 2.88 bits per heavy atom. The van der Waals surface area contributed by atoms with E-state index in [1.807, 2.05) is 26.3 Å². The second kappa shape index (κ2) is 6.98. The van der Waals surface area contributed by atoms with Crippen LogP contribution >= 0.6 is 11.3 Å². The third-order valence-electron chi connectivity index (χ3n) is 4.06. The van der Waals surface area contributed by atoms with Gasteiger partial charge in [-0.15, -0.1) is 10.2 Å². The minimum atomic E-state index is 0.0687. The van der Waals surface area contributed by atoms with Crippen molar-refractivity contribution in [3.05, 3.63) is 52.8 Å². The van der Waals surface area contributed by atoms with E-state index in [9.17, 15) is 4.79 Å². The van der Waals surface area contributed by atoms with Gasteiger partial charge in [0.15, 0.2) is 11.6 Å². The number of thiophene rings is 1. The molecule has 4 heterocycles. The van der Waals surface area contributed by atoms with Crippen molar-refractivity contribution in [3.63, 3.8) is 0 Å². The molecule has 4 rings (SSSR count). The molecule has 3 aromatic heterocycles. The van der Waals surface area contributed by atoms with Gasteiger partial charge in [-0.05, 0) is 11.4 Å². The van der Waals surface area contributed by atoms with Gasteiger partial charge in [-0.2, -0.15) is 11.3 Å². The Morgan fingerprint density at radius 2 is 2.08 bits per heavy atom. The smallest absolute Gasteiger partial charge is 0.254 e. The van der Waals surface area contributed by atoms with Gasteiger partial charge in [0.1, 0.15) is 18.8 Å². The summed E-state index contributed by atoms with van der Waals surface area (Å²) in [5, 5.41) is 12.3. The second-order valence-electron chi connectivity index (χ2n) is 5.60. The summed E-state index contributed by atoms with van der Waals surface area (Å²) in [6.45, 7) is 2.21. The van der Waals surface area contributed by atoms with Crippen LogP contribution in [-0.2, 0) is 19.6 Å². The van der Waals surface area contributed by atoms with E-state index in [0.717, 1.165) is 17.2 Å². The zero-order valence-electron chi connectivity index (χ0n) is 13.4. The van der Waals surface area contributed by atoms with Crippen LogP contribution in [0, 0.1) is 0 Å². The van der Waals surface area contributed by atoms with Crippen molar-refractivity contribution in [2.75, 3.05) is 13.1 Å². The highest BCUT2D eigenvalue weighted by molar-refractivity contribution is 7.08. The number of carbonyl (C=O) groups excluding carboxylic acids is 1. The van der Waals surface area contributed by atoms with Crippen LogP contribution in [0.2, 0.25) is 0 Å². The molecule has 9 heteroatoms. The van der Waals surface area contributed by atoms with Crippen molar-refractivity contribution in [2.24, 2.45) is 0 Å². The average Bonchev–Trinajstić information content (AvgIpc) is 3.26. The summed E-state index contributed by atoms with van der Waals surface area (Å²) in [5.74, 6) is 2.27. The molecule has 1 aliphatic heterocycles. The Hall–Kier alpha value is -2.81. The first kappa shape index (κ1) is 15.7. The summed E-state index contributed by atoms with van der Waals surface area (Å²) in [6.07, 6.45) is 5.34. The summed E-state index contributed by atoms with van der Waals surface area (Å²) in [4.78, 5) is 22.2. The van der Waals surface area contributed by atoms with Gasteiger partial charge in [0.2, 0.25) is 0 Å². The molecule has 0 unspecified atom stereocenters. The number of hydrogen-bond donors (Lipinski definition) is 0. The standard InChI is InChI=1S/C16H16N6O2S/c23-16(12-2-6-25-10-12)21-3-1-14-19-20-15(22(14)5-4-21)9-24-13-7-17-11-18-8-13/h2,6-8,10-11H,1,3-5,9H2. The maximum Gasteiger partial charge on any atom is 0.254 e. The highest BCUT2D eigenvalue weighted by Gasteiger charge is 2.23. The number of carbonyl (C=O) groups is 1. The Kier molecular flexibility index (Phi) is 4.38. The molecule has 1 aliphatic rings. The molecule has 25 heavy (non-hydrogen) atoms. The lowest BCUT2D eigenvalue weighted by Crippen LogP contribution is -2.33. The van der Waals surface area contributed by atoms with Gasteiger partial charge in [-0.3, -0.25) is 4.79 Å². The molecule has 0 bridgehead atoms. The predicted octanol–water partition coefficient (Wildman–Crippen LogP) is 1.41. The zero-order valence-corrected chi connectivity index (χ0v) is 14.2. The Bertz CT molecular complexity index is 849. The van der Waals surface area contributed by atoms with Gasteiger partial charge in [-0.1, -0.05) is 0 Å². The molecule has 0 spiro atoms. The van der Waals surface area contributed by atoms with E-state index in [1.165, 1.54) is 17.7 Å². The van der Waals surface area contributed by atoms with E-state index < -0.39 is 0 Å². The minimum Gasteiger partial charge on any atom is -0.482 e. The fourth-order valence-corrected chi connectivity index (χ4v) is 3.40. The number of amides is 1. The molecular formula is C16H16N6O2S. The van der Waals surface area contributed by atoms with Crippen molar-refractivity contribution in [3.8, 4) is 5.75 Å². The monoisotopic (exact) mass is 356 g/mol. The van der Waals surface area contributed by atoms with E-state index in [2.05, 4.69) is 20.2 Å². The van der Waals surface area contributed by atoms with Crippen LogP contribution in [0.15, 0.2) is 35.5 Å². The maximum absolute atomic E-state index is 12.5. The highest BCUT2D eigenvalue weighted by Crippen LogP contribution is 2.15. The fraction of sp³-hybridized carbons (Fsp3) is 0.312. The van der Waals surface area contributed by atoms with Gasteiger partial charge in [-0.25, -0.2) is 9.97 Å². The maximum atomic E-state index is 12.5. The van der Waals surface area contributed by atoms with Gasteiger partial charge in [0.25, 0.3) is 5.91 Å². The molecule has 1 amide bonds. The van der Waals surface area contributed by atoms with Gasteiger partial charge < -0.3 is 14.2 Å². The van der Waals surface area contributed by atoms with E-state index >= 15 is 0 Å². The first-order chi connectivity index (χ1) is 12.3. The molecule has 0 fully saturated rings. The number of ether oxygens (including phenoxy) is 1. The molecule has 0 N–H and O–H groups in total. The third-order valence-corrected chi connectivity index (χ3v) is 4.75. The topological polar surface area (TPSA) is 86.0 Å². The van der Waals surface area contributed by atoms with E-state index in [0.29, 0.717) is 38.4 Å². The molecule has 0 saturated carbocycles. The molecule has 8 nitrogen and oxygen atoms in total. The molecule has 0 aliphatic carbocycles. The number of hydrogen-bond acceptors (Lipinski definition) is 7. The van der Waals surface area contributed by atoms with E-state index in [4.69, 9.17) is 4.74 Å². The summed E-state index contributed by atoms with van der Waals surface area (Å²) >= 11 is 1.53. The number of aromatic nitrogens is 5. The first-order valence-electron chi connectivity index (χ1n) is 7.91. The summed E-state index contributed by atoms with van der Waals surface area (Å²) in [6, 6.07) is 1.86. The lowest BCUT2D eigenvalue weighted by atomic mass is 10.3. The average molecular weight is 356 g/mol. The molecule has 0 atom stereocenters. The quantitative estimate of drug-likeness (QED) is 0.702. The number of rotatable bonds is 4. The molecule has 3 aromatic rings. The minimum absolute atomic E-state index is 0.0687. The Labute approximate surface area is 148 Å². The lowest BCUT2D eigenvalue weighted by Gasteiger charge is -2.19. The van der Waals surface area contributed by atoms with Crippen molar-refractivity contribution >= 4 is 17.2 Å². The van der Waals surface area contributed by atoms with Gasteiger partial charge in [0, 0.05) is 31.4 Å². The van der Waals surface area contributed by atoms with Crippen LogP contribution in [0.3, 0.4) is 0 Å². The van der Waals surface area contributed by atoms with Crippen LogP contribution in [0.25, 0.3) is 0 Å². The first-order valence-corrected chi connectivity index (χ1v) is 8.86. The van der Waals surface area contributed by atoms with Gasteiger partial charge >= 0.3 is 0 Å². The van der Waals surface area contributed by atoms with Crippen LogP contribution in [-0.4, -0.2) is 48.6 Å². The van der Waals surface area contributed by atoms with E-state index in [-0.39, 0.29) is 5.91 Å². The summed E-state index contributed by atoms with van der Waals surface area (Å²) < 4.78 is 7.70. The molecular weight excluding hydrogens is 340 g/mol. The molecule has 0 saturated heterocycles. The largest absolute Gasteiger partial charge is 0.482 e. The molecule has 0 aromatic carbocycles. The SMILES string of the molecule is O=C(c1ccsc1)N1CCc2nnc(COc3cncnc3)n2CC1. The predicted molar refractivity (Wildman–Crippen MR) is 90.3 cm³/mol. The Balaban J connectivity index is 1.44. The van der Waals surface area contributed by atoms with Crippen LogP contribution in [0.5, 0.6) is 5.75 Å². The molecule has 0 radical (unpaired) electrons. The van der Waals surface area contributed by atoms with Crippen molar-refractivity contribution in [1.82, 2.24) is 29.6 Å². The van der Waals surface area contributed by atoms with Crippen LogP contribution in [0.1, 0.15) is 22.0 Å². The summed E-state index contributed by atoms with van der Waals surface area (Å²) in [7, 11) is 0. The highest BCUT2D eigenvalue weighted by atomic mass is 32.1. The zero-order chi connectivity index (χ0) is 17.1. The molecule has 128 valence electrons. The van der Waals surface area contributed by atoms with Crippen LogP contribution in [0.4, 0.5) is 0 Å². The van der Waals surface area contributed by atoms with Crippen molar-refractivity contribution < 1.29 is 9.53 Å². The third kappa shape index (κ3) is 3.36. The van der Waals surface area contributed by atoms with Crippen molar-refractivity contribution in [2.45, 2.75) is 19.6 Å². The van der Waals surface area contributed by atoms with Gasteiger partial charge in [0.05, 0.1) is 18.0 Å². The van der Waals surface area contributed by atoms with Crippen molar-refractivity contribution in [1.29, 1.82) is 0 Å². The fourth-order valence-electron chi connectivity index (χ4n) is 2.77. The summed E-state index contributed by atoms with van der Waals surface area (Å²) in [5.41, 5.74) is 0.746.